The average Bonchev–Trinajstić information content (AvgIpc) is 2.29. The largest absolute Gasteiger partial charge is 0.491 e. The molecule has 1 atom stereocenters. The number of ether oxygens (including phenoxy) is 2. The second-order valence-electron chi connectivity index (χ2n) is 3.73. The molecule has 0 aromatic heterocycles. The van der Waals surface area contributed by atoms with Crippen LogP contribution >= 0.6 is 0 Å². The van der Waals surface area contributed by atoms with Gasteiger partial charge in [0, 0.05) is 6.42 Å². The summed E-state index contributed by atoms with van der Waals surface area (Å²) in [5.74, 6) is 0.0607. The van der Waals surface area contributed by atoms with Gasteiger partial charge in [0.1, 0.15) is 5.75 Å². The number of carbonyl (C=O) groups excluding carboxylic acids is 1. The second kappa shape index (κ2) is 6.10. The monoisotopic (exact) mass is 239 g/mol. The lowest BCUT2D eigenvalue weighted by molar-refractivity contribution is 0.0601. The van der Waals surface area contributed by atoms with Crippen LogP contribution in [0.1, 0.15) is 23.7 Å². The Morgan fingerprint density at radius 1 is 1.53 bits per heavy atom. The van der Waals surface area contributed by atoms with Crippen molar-refractivity contribution in [3.8, 4) is 5.75 Å². The van der Waals surface area contributed by atoms with E-state index in [2.05, 4.69) is 4.74 Å². The van der Waals surface area contributed by atoms with E-state index in [0.717, 1.165) is 0 Å². The molecule has 17 heavy (non-hydrogen) atoms. The zero-order valence-corrected chi connectivity index (χ0v) is 9.97. The lowest BCUT2D eigenvalue weighted by Crippen LogP contribution is -2.09. The van der Waals surface area contributed by atoms with Gasteiger partial charge in [-0.05, 0) is 25.1 Å². The average molecular weight is 239 g/mol. The Bertz CT molecular complexity index is 390. The van der Waals surface area contributed by atoms with Crippen LogP contribution in [-0.2, 0) is 4.74 Å². The molecule has 0 fully saturated rings. The molecule has 1 aromatic rings. The molecule has 1 unspecified atom stereocenters. The van der Waals surface area contributed by atoms with Crippen molar-refractivity contribution >= 4 is 11.7 Å². The van der Waals surface area contributed by atoms with Crippen molar-refractivity contribution in [3.63, 3.8) is 0 Å². The zero-order valence-electron chi connectivity index (χ0n) is 9.97. The lowest BCUT2D eigenvalue weighted by Gasteiger charge is -2.10. The fourth-order valence-electron chi connectivity index (χ4n) is 1.26. The summed E-state index contributed by atoms with van der Waals surface area (Å²) in [5.41, 5.74) is 6.49. The molecular formula is C12H17NO4. The van der Waals surface area contributed by atoms with Crippen LogP contribution < -0.4 is 10.5 Å². The molecule has 0 aliphatic carbocycles. The number of hydrogen-bond donors (Lipinski definition) is 2. The predicted octanol–water partition coefficient (Wildman–Crippen LogP) is 1.21. The van der Waals surface area contributed by atoms with Crippen LogP contribution in [-0.4, -0.2) is 30.9 Å². The third-order valence-electron chi connectivity index (χ3n) is 2.22. The summed E-state index contributed by atoms with van der Waals surface area (Å²) in [6, 6.07) is 4.70. The fraction of sp³-hybridized carbons (Fsp3) is 0.417. The Morgan fingerprint density at radius 3 is 2.76 bits per heavy atom. The maximum absolute atomic E-state index is 11.2. The minimum Gasteiger partial charge on any atom is -0.491 e. The number of hydrogen-bond acceptors (Lipinski definition) is 5. The van der Waals surface area contributed by atoms with Gasteiger partial charge in [0.25, 0.3) is 0 Å². The zero-order chi connectivity index (χ0) is 12.8. The first-order valence-electron chi connectivity index (χ1n) is 5.33. The highest BCUT2D eigenvalue weighted by Gasteiger charge is 2.08. The number of carbonyl (C=O) groups is 1. The third kappa shape index (κ3) is 3.96. The van der Waals surface area contributed by atoms with Gasteiger partial charge in [-0.25, -0.2) is 4.79 Å². The highest BCUT2D eigenvalue weighted by molar-refractivity contribution is 5.90. The van der Waals surface area contributed by atoms with Gasteiger partial charge in [-0.2, -0.15) is 0 Å². The highest BCUT2D eigenvalue weighted by Crippen LogP contribution is 2.23. The molecule has 0 bridgehead atoms. The standard InChI is InChI=1S/C12H17NO4/c1-8(14)5-6-17-11-4-3-9(7-10(11)13)12(15)16-2/h3-4,7-8,14H,5-6,13H2,1-2H3. The molecule has 0 saturated carbocycles. The van der Waals surface area contributed by atoms with Gasteiger partial charge in [0.15, 0.2) is 0 Å². The Kier molecular flexibility index (Phi) is 4.78. The Hall–Kier alpha value is -1.75. The van der Waals surface area contributed by atoms with Crippen molar-refractivity contribution in [1.82, 2.24) is 0 Å². The van der Waals surface area contributed by atoms with Crippen LogP contribution in [0.15, 0.2) is 18.2 Å². The quantitative estimate of drug-likeness (QED) is 0.596. The van der Waals surface area contributed by atoms with E-state index in [9.17, 15) is 4.79 Å². The number of aliphatic hydroxyl groups excluding tert-OH is 1. The van der Waals surface area contributed by atoms with E-state index in [1.807, 2.05) is 0 Å². The molecule has 5 heteroatoms. The van der Waals surface area contributed by atoms with Gasteiger partial charge in [-0.3, -0.25) is 0 Å². The maximum atomic E-state index is 11.2. The van der Waals surface area contributed by atoms with Gasteiger partial charge in [0.05, 0.1) is 31.1 Å². The first-order chi connectivity index (χ1) is 8.04. The van der Waals surface area contributed by atoms with Gasteiger partial charge in [-0.15, -0.1) is 0 Å². The fourth-order valence-corrected chi connectivity index (χ4v) is 1.26. The number of aliphatic hydroxyl groups is 1. The van der Waals surface area contributed by atoms with Gasteiger partial charge in [0.2, 0.25) is 0 Å². The van der Waals surface area contributed by atoms with Crippen molar-refractivity contribution in [1.29, 1.82) is 0 Å². The summed E-state index contributed by atoms with van der Waals surface area (Å²) in [5, 5.41) is 9.08. The Morgan fingerprint density at radius 2 is 2.24 bits per heavy atom. The molecule has 0 amide bonds. The molecule has 94 valence electrons. The summed E-state index contributed by atoms with van der Waals surface area (Å²) >= 11 is 0. The molecule has 0 aliphatic rings. The number of benzene rings is 1. The van der Waals surface area contributed by atoms with Crippen LogP contribution in [0.4, 0.5) is 5.69 Å². The van der Waals surface area contributed by atoms with E-state index >= 15 is 0 Å². The highest BCUT2D eigenvalue weighted by atomic mass is 16.5. The summed E-state index contributed by atoms with van der Waals surface area (Å²) in [7, 11) is 1.31. The number of anilines is 1. The molecule has 5 nitrogen and oxygen atoms in total. The predicted molar refractivity (Wildman–Crippen MR) is 64.0 cm³/mol. The maximum Gasteiger partial charge on any atom is 0.337 e. The van der Waals surface area contributed by atoms with Crippen LogP contribution in [0.3, 0.4) is 0 Å². The van der Waals surface area contributed by atoms with Crippen LogP contribution in [0.2, 0.25) is 0 Å². The van der Waals surface area contributed by atoms with Crippen molar-refractivity contribution in [3.05, 3.63) is 23.8 Å². The number of esters is 1. The van der Waals surface area contributed by atoms with Crippen LogP contribution in [0.5, 0.6) is 5.75 Å². The molecule has 0 radical (unpaired) electrons. The van der Waals surface area contributed by atoms with E-state index in [-0.39, 0.29) is 0 Å². The molecule has 1 aromatic carbocycles. The first kappa shape index (κ1) is 13.3. The van der Waals surface area contributed by atoms with Crippen LogP contribution in [0, 0.1) is 0 Å². The van der Waals surface area contributed by atoms with Crippen LogP contribution in [0.25, 0.3) is 0 Å². The SMILES string of the molecule is COC(=O)c1ccc(OCCC(C)O)c(N)c1. The molecule has 3 N–H and O–H groups in total. The van der Waals surface area contributed by atoms with Gasteiger partial charge < -0.3 is 20.3 Å². The van der Waals surface area contributed by atoms with E-state index < -0.39 is 12.1 Å². The number of nitrogen functional groups attached to an aromatic ring is 1. The lowest BCUT2D eigenvalue weighted by atomic mass is 10.2. The minimum atomic E-state index is -0.438. The first-order valence-corrected chi connectivity index (χ1v) is 5.33. The van der Waals surface area contributed by atoms with Crippen molar-refractivity contribution in [2.45, 2.75) is 19.4 Å². The summed E-state index contributed by atoms with van der Waals surface area (Å²) in [6.45, 7) is 2.06. The molecule has 0 heterocycles. The molecule has 0 spiro atoms. The summed E-state index contributed by atoms with van der Waals surface area (Å²) in [4.78, 5) is 11.2. The van der Waals surface area contributed by atoms with E-state index in [0.29, 0.717) is 30.0 Å². The van der Waals surface area contributed by atoms with Crippen molar-refractivity contribution in [2.75, 3.05) is 19.5 Å². The molecule has 0 aliphatic heterocycles. The van der Waals surface area contributed by atoms with Gasteiger partial charge in [-0.1, -0.05) is 0 Å². The van der Waals surface area contributed by atoms with E-state index in [4.69, 9.17) is 15.6 Å². The van der Waals surface area contributed by atoms with E-state index in [1.54, 1.807) is 19.1 Å². The van der Waals surface area contributed by atoms with Crippen molar-refractivity contribution in [2.24, 2.45) is 0 Å². The summed E-state index contributed by atoms with van der Waals surface area (Å²) in [6.07, 6.45) is 0.114. The molecule has 0 saturated heterocycles. The molecule has 1 rings (SSSR count). The normalized spacial score (nSPS) is 11.9. The number of nitrogens with two attached hydrogens (primary N) is 1. The third-order valence-corrected chi connectivity index (χ3v) is 2.22. The topological polar surface area (TPSA) is 81.8 Å². The minimum absolute atomic E-state index is 0.374. The number of methoxy groups -OCH3 is 1. The summed E-state index contributed by atoms with van der Waals surface area (Å²) < 4.78 is 9.95. The Labute approximate surface area is 100 Å². The van der Waals surface area contributed by atoms with E-state index in [1.165, 1.54) is 13.2 Å². The molecular weight excluding hydrogens is 222 g/mol. The Balaban J connectivity index is 2.66. The number of rotatable bonds is 5. The smallest absolute Gasteiger partial charge is 0.337 e. The van der Waals surface area contributed by atoms with Gasteiger partial charge >= 0.3 is 5.97 Å². The van der Waals surface area contributed by atoms with Crippen molar-refractivity contribution < 1.29 is 19.4 Å². The second-order valence-corrected chi connectivity index (χ2v) is 3.73.